The number of carbonyl (C=O) groups is 2. The first-order chi connectivity index (χ1) is 9.04. The summed E-state index contributed by atoms with van der Waals surface area (Å²) in [4.78, 5) is 22.6. The molecule has 0 aliphatic carbocycles. The molecule has 104 valence electrons. The van der Waals surface area contributed by atoms with Crippen molar-refractivity contribution in [2.45, 2.75) is 19.8 Å². The normalized spacial score (nSPS) is 11.9. The van der Waals surface area contributed by atoms with Crippen LogP contribution in [-0.2, 0) is 11.2 Å². The van der Waals surface area contributed by atoms with E-state index in [1.165, 1.54) is 0 Å². The van der Waals surface area contributed by atoms with Crippen LogP contribution >= 0.6 is 0 Å². The lowest BCUT2D eigenvalue weighted by molar-refractivity contribution is -0.137. The van der Waals surface area contributed by atoms with E-state index in [-0.39, 0.29) is 18.2 Å². The zero-order chi connectivity index (χ0) is 14.3. The van der Waals surface area contributed by atoms with E-state index in [1.807, 2.05) is 12.1 Å². The maximum atomic E-state index is 12.0. The molecular formula is C14H20N2O3. The Balaban J connectivity index is 2.60. The monoisotopic (exact) mass is 264 g/mol. The quantitative estimate of drug-likeness (QED) is 0.685. The van der Waals surface area contributed by atoms with Gasteiger partial charge >= 0.3 is 5.97 Å². The summed E-state index contributed by atoms with van der Waals surface area (Å²) in [5.41, 5.74) is 7.03. The largest absolute Gasteiger partial charge is 0.481 e. The van der Waals surface area contributed by atoms with Gasteiger partial charge in [0.2, 0.25) is 0 Å². The summed E-state index contributed by atoms with van der Waals surface area (Å²) < 4.78 is 0. The van der Waals surface area contributed by atoms with Gasteiger partial charge in [-0.25, -0.2) is 0 Å². The first-order valence-corrected chi connectivity index (χ1v) is 6.32. The van der Waals surface area contributed by atoms with Gasteiger partial charge in [0.25, 0.3) is 5.91 Å². The fraction of sp³-hybridized carbons (Fsp3) is 0.429. The van der Waals surface area contributed by atoms with Crippen molar-refractivity contribution in [3.8, 4) is 0 Å². The number of hydrogen-bond donors (Lipinski definition) is 3. The standard InChI is InChI=1S/C14H20N2O3/c1-10(8-13(17)18)9-16-14(19)12-5-3-2-4-11(12)6-7-15/h2-5,10H,6-9,15H2,1H3,(H,16,19)(H,17,18). The molecule has 0 heterocycles. The average molecular weight is 264 g/mol. The van der Waals surface area contributed by atoms with Crippen LogP contribution in [0.4, 0.5) is 0 Å². The highest BCUT2D eigenvalue weighted by Gasteiger charge is 2.12. The van der Waals surface area contributed by atoms with E-state index in [1.54, 1.807) is 19.1 Å². The topological polar surface area (TPSA) is 92.4 Å². The smallest absolute Gasteiger partial charge is 0.303 e. The minimum atomic E-state index is -0.856. The highest BCUT2D eigenvalue weighted by atomic mass is 16.4. The molecule has 1 atom stereocenters. The Morgan fingerprint density at radius 3 is 2.68 bits per heavy atom. The summed E-state index contributed by atoms with van der Waals surface area (Å²) in [6, 6.07) is 7.30. The number of carbonyl (C=O) groups excluding carboxylic acids is 1. The molecule has 19 heavy (non-hydrogen) atoms. The number of nitrogens with one attached hydrogen (secondary N) is 1. The molecule has 1 aromatic rings. The molecule has 1 aromatic carbocycles. The molecule has 1 rings (SSSR count). The van der Waals surface area contributed by atoms with E-state index in [9.17, 15) is 9.59 Å². The summed E-state index contributed by atoms with van der Waals surface area (Å²) in [5.74, 6) is -1.13. The van der Waals surface area contributed by atoms with Crippen LogP contribution in [-0.4, -0.2) is 30.1 Å². The molecule has 0 saturated heterocycles. The van der Waals surface area contributed by atoms with Gasteiger partial charge in [-0.15, -0.1) is 0 Å². The fourth-order valence-corrected chi connectivity index (χ4v) is 1.85. The molecule has 0 fully saturated rings. The maximum absolute atomic E-state index is 12.0. The van der Waals surface area contributed by atoms with E-state index in [0.29, 0.717) is 25.1 Å². The molecule has 4 N–H and O–H groups in total. The molecule has 1 amide bonds. The van der Waals surface area contributed by atoms with E-state index in [4.69, 9.17) is 10.8 Å². The van der Waals surface area contributed by atoms with Crippen molar-refractivity contribution < 1.29 is 14.7 Å². The lowest BCUT2D eigenvalue weighted by Crippen LogP contribution is -2.30. The molecule has 0 spiro atoms. The van der Waals surface area contributed by atoms with Gasteiger partial charge in [-0.2, -0.15) is 0 Å². The molecule has 0 aliphatic rings. The highest BCUT2D eigenvalue weighted by molar-refractivity contribution is 5.95. The van der Waals surface area contributed by atoms with Gasteiger partial charge in [0.15, 0.2) is 0 Å². The van der Waals surface area contributed by atoms with Crippen molar-refractivity contribution in [3.05, 3.63) is 35.4 Å². The van der Waals surface area contributed by atoms with Crippen molar-refractivity contribution >= 4 is 11.9 Å². The molecule has 0 saturated carbocycles. The molecule has 1 unspecified atom stereocenters. The number of hydrogen-bond acceptors (Lipinski definition) is 3. The summed E-state index contributed by atoms with van der Waals surface area (Å²) in [5, 5.41) is 11.4. The predicted octanol–water partition coefficient (Wildman–Crippen LogP) is 1.03. The minimum Gasteiger partial charge on any atom is -0.481 e. The number of carboxylic acid groups (broad SMARTS) is 1. The first-order valence-electron chi connectivity index (χ1n) is 6.32. The second-order valence-electron chi connectivity index (χ2n) is 4.61. The van der Waals surface area contributed by atoms with Crippen LogP contribution in [0.25, 0.3) is 0 Å². The Morgan fingerprint density at radius 2 is 2.05 bits per heavy atom. The molecule has 0 bridgehead atoms. The third-order valence-electron chi connectivity index (χ3n) is 2.81. The Labute approximate surface area is 112 Å². The minimum absolute atomic E-state index is 0.0464. The van der Waals surface area contributed by atoms with Crippen LogP contribution in [0.2, 0.25) is 0 Å². The first kappa shape index (κ1) is 15.2. The predicted molar refractivity (Wildman–Crippen MR) is 73.0 cm³/mol. The van der Waals surface area contributed by atoms with Gasteiger partial charge in [0.05, 0.1) is 0 Å². The van der Waals surface area contributed by atoms with Gasteiger partial charge in [-0.3, -0.25) is 9.59 Å². The van der Waals surface area contributed by atoms with E-state index in [2.05, 4.69) is 5.32 Å². The second-order valence-corrected chi connectivity index (χ2v) is 4.61. The molecule has 0 aromatic heterocycles. The van der Waals surface area contributed by atoms with E-state index < -0.39 is 5.97 Å². The second kappa shape index (κ2) is 7.53. The van der Waals surface area contributed by atoms with Crippen molar-refractivity contribution in [2.75, 3.05) is 13.1 Å². The third kappa shape index (κ3) is 5.09. The number of benzene rings is 1. The fourth-order valence-electron chi connectivity index (χ4n) is 1.85. The molecule has 5 heteroatoms. The number of amides is 1. The van der Waals surface area contributed by atoms with Crippen molar-refractivity contribution in [3.63, 3.8) is 0 Å². The average Bonchev–Trinajstić information content (AvgIpc) is 2.36. The van der Waals surface area contributed by atoms with Gasteiger partial charge in [0, 0.05) is 18.5 Å². The van der Waals surface area contributed by atoms with E-state index in [0.717, 1.165) is 5.56 Å². The molecule has 0 radical (unpaired) electrons. The van der Waals surface area contributed by atoms with Crippen molar-refractivity contribution in [1.82, 2.24) is 5.32 Å². The van der Waals surface area contributed by atoms with E-state index >= 15 is 0 Å². The Morgan fingerprint density at radius 1 is 1.37 bits per heavy atom. The summed E-state index contributed by atoms with van der Waals surface area (Å²) >= 11 is 0. The number of carboxylic acids is 1. The Hall–Kier alpha value is -1.88. The molecule has 5 nitrogen and oxygen atoms in total. The molecular weight excluding hydrogens is 244 g/mol. The van der Waals surface area contributed by atoms with Crippen LogP contribution in [0.1, 0.15) is 29.3 Å². The highest BCUT2D eigenvalue weighted by Crippen LogP contribution is 2.09. The third-order valence-corrected chi connectivity index (χ3v) is 2.81. The summed E-state index contributed by atoms with van der Waals surface area (Å²) in [6.45, 7) is 2.63. The van der Waals surface area contributed by atoms with Crippen LogP contribution in [0, 0.1) is 5.92 Å². The zero-order valence-electron chi connectivity index (χ0n) is 11.1. The lowest BCUT2D eigenvalue weighted by atomic mass is 10.0. The molecule has 0 aliphatic heterocycles. The van der Waals surface area contributed by atoms with Gasteiger partial charge in [-0.1, -0.05) is 25.1 Å². The SMILES string of the molecule is CC(CNC(=O)c1ccccc1CCN)CC(=O)O. The van der Waals surface area contributed by atoms with Gasteiger partial charge < -0.3 is 16.2 Å². The van der Waals surface area contributed by atoms with Crippen LogP contribution in [0.3, 0.4) is 0 Å². The van der Waals surface area contributed by atoms with Crippen molar-refractivity contribution in [2.24, 2.45) is 11.7 Å². The number of rotatable bonds is 7. The number of nitrogens with two attached hydrogens (primary N) is 1. The lowest BCUT2D eigenvalue weighted by Gasteiger charge is -2.12. The zero-order valence-corrected chi connectivity index (χ0v) is 11.1. The van der Waals surface area contributed by atoms with Gasteiger partial charge in [0.1, 0.15) is 0 Å². The van der Waals surface area contributed by atoms with Crippen LogP contribution in [0.5, 0.6) is 0 Å². The Kier molecular flexibility index (Phi) is 6.02. The number of aliphatic carboxylic acids is 1. The maximum Gasteiger partial charge on any atom is 0.303 e. The van der Waals surface area contributed by atoms with Crippen LogP contribution < -0.4 is 11.1 Å². The summed E-state index contributed by atoms with van der Waals surface area (Å²) in [6.07, 6.45) is 0.693. The Bertz CT molecular complexity index is 446. The van der Waals surface area contributed by atoms with Crippen LogP contribution in [0.15, 0.2) is 24.3 Å². The summed E-state index contributed by atoms with van der Waals surface area (Å²) in [7, 11) is 0. The van der Waals surface area contributed by atoms with Crippen molar-refractivity contribution in [1.29, 1.82) is 0 Å². The van der Waals surface area contributed by atoms with Gasteiger partial charge in [-0.05, 0) is 30.5 Å².